The van der Waals surface area contributed by atoms with Crippen LogP contribution in [-0.4, -0.2) is 31.1 Å². The molecule has 0 amide bonds. The Bertz CT molecular complexity index is 438. The topological polar surface area (TPSA) is 39.1 Å². The molecule has 0 heterocycles. The van der Waals surface area contributed by atoms with Crippen molar-refractivity contribution in [1.29, 1.82) is 5.26 Å². The third kappa shape index (κ3) is 5.49. The zero-order valence-electron chi connectivity index (χ0n) is 13.1. The molecule has 0 aliphatic heterocycles. The van der Waals surface area contributed by atoms with Gasteiger partial charge in [0.05, 0.1) is 12.0 Å². The molecule has 114 valence electrons. The average molecular weight is 285 g/mol. The van der Waals surface area contributed by atoms with E-state index in [1.54, 1.807) is 0 Å². The summed E-state index contributed by atoms with van der Waals surface area (Å²) in [4.78, 5) is 2.36. The SMILES string of the molecule is CN(CCCNC1CCCCC1C#N)Cc1ccccc1. The zero-order chi connectivity index (χ0) is 14.9. The second kappa shape index (κ2) is 8.81. The number of nitrogens with one attached hydrogen (secondary N) is 1. The first-order valence-corrected chi connectivity index (χ1v) is 8.15. The van der Waals surface area contributed by atoms with E-state index < -0.39 is 0 Å². The predicted molar refractivity (Wildman–Crippen MR) is 86.8 cm³/mol. The summed E-state index contributed by atoms with van der Waals surface area (Å²) in [5.41, 5.74) is 1.37. The Morgan fingerprint density at radius 1 is 1.24 bits per heavy atom. The van der Waals surface area contributed by atoms with E-state index >= 15 is 0 Å². The normalized spacial score (nSPS) is 22.1. The van der Waals surface area contributed by atoms with Crippen molar-refractivity contribution >= 4 is 0 Å². The molecule has 0 aromatic heterocycles. The summed E-state index contributed by atoms with van der Waals surface area (Å²) in [6, 6.07) is 13.5. The molecule has 2 rings (SSSR count). The lowest BCUT2D eigenvalue weighted by atomic mass is 9.85. The predicted octanol–water partition coefficient (Wildman–Crippen LogP) is 3.18. The lowest BCUT2D eigenvalue weighted by Gasteiger charge is -2.28. The van der Waals surface area contributed by atoms with Gasteiger partial charge >= 0.3 is 0 Å². The lowest BCUT2D eigenvalue weighted by molar-refractivity contribution is 0.289. The van der Waals surface area contributed by atoms with Crippen molar-refractivity contribution in [2.24, 2.45) is 5.92 Å². The largest absolute Gasteiger partial charge is 0.313 e. The second-order valence-corrected chi connectivity index (χ2v) is 6.16. The molecule has 0 spiro atoms. The van der Waals surface area contributed by atoms with Gasteiger partial charge in [0.1, 0.15) is 0 Å². The van der Waals surface area contributed by atoms with Gasteiger partial charge in [-0.3, -0.25) is 0 Å². The van der Waals surface area contributed by atoms with E-state index in [0.29, 0.717) is 6.04 Å². The van der Waals surface area contributed by atoms with Gasteiger partial charge in [-0.2, -0.15) is 5.26 Å². The van der Waals surface area contributed by atoms with Crippen molar-refractivity contribution in [3.8, 4) is 6.07 Å². The van der Waals surface area contributed by atoms with E-state index in [2.05, 4.69) is 53.7 Å². The van der Waals surface area contributed by atoms with E-state index in [1.165, 1.54) is 18.4 Å². The van der Waals surface area contributed by atoms with Crippen LogP contribution in [0.25, 0.3) is 0 Å². The first-order chi connectivity index (χ1) is 10.3. The fourth-order valence-electron chi connectivity index (χ4n) is 3.14. The van der Waals surface area contributed by atoms with E-state index in [-0.39, 0.29) is 5.92 Å². The molecule has 0 radical (unpaired) electrons. The minimum Gasteiger partial charge on any atom is -0.313 e. The van der Waals surface area contributed by atoms with Gasteiger partial charge in [-0.25, -0.2) is 0 Å². The van der Waals surface area contributed by atoms with Crippen LogP contribution in [0.15, 0.2) is 30.3 Å². The summed E-state index contributed by atoms with van der Waals surface area (Å²) < 4.78 is 0. The Morgan fingerprint density at radius 3 is 2.76 bits per heavy atom. The standard InChI is InChI=1S/C18H27N3/c1-21(15-16-8-3-2-4-9-16)13-7-12-20-18-11-6-5-10-17(18)14-19/h2-4,8-9,17-18,20H,5-7,10-13,15H2,1H3. The lowest BCUT2D eigenvalue weighted by Crippen LogP contribution is -2.39. The van der Waals surface area contributed by atoms with E-state index in [4.69, 9.17) is 0 Å². The van der Waals surface area contributed by atoms with Crippen molar-refractivity contribution in [3.63, 3.8) is 0 Å². The Morgan fingerprint density at radius 2 is 2.00 bits per heavy atom. The number of rotatable bonds is 7. The summed E-state index contributed by atoms with van der Waals surface area (Å²) in [6.45, 7) is 3.11. The number of nitrogens with zero attached hydrogens (tertiary/aromatic N) is 2. The molecular formula is C18H27N3. The Labute approximate surface area is 129 Å². The maximum Gasteiger partial charge on any atom is 0.0672 e. The van der Waals surface area contributed by atoms with E-state index in [0.717, 1.165) is 38.9 Å². The van der Waals surface area contributed by atoms with Crippen molar-refractivity contribution in [2.45, 2.75) is 44.7 Å². The molecule has 2 atom stereocenters. The van der Waals surface area contributed by atoms with Crippen molar-refractivity contribution in [2.75, 3.05) is 20.1 Å². The van der Waals surface area contributed by atoms with Gasteiger partial charge < -0.3 is 10.2 Å². The van der Waals surface area contributed by atoms with Crippen LogP contribution in [0.3, 0.4) is 0 Å². The first kappa shape index (κ1) is 16.0. The van der Waals surface area contributed by atoms with Gasteiger partial charge in [0, 0.05) is 12.6 Å². The van der Waals surface area contributed by atoms with Crippen LogP contribution in [-0.2, 0) is 6.54 Å². The second-order valence-electron chi connectivity index (χ2n) is 6.16. The maximum atomic E-state index is 9.17. The molecule has 1 fully saturated rings. The third-order valence-corrected chi connectivity index (χ3v) is 4.35. The van der Waals surface area contributed by atoms with Crippen LogP contribution in [0, 0.1) is 17.2 Å². The van der Waals surface area contributed by atoms with Gasteiger partial charge in [0.25, 0.3) is 0 Å². The van der Waals surface area contributed by atoms with Crippen LogP contribution in [0.1, 0.15) is 37.7 Å². The molecule has 0 bridgehead atoms. The van der Waals surface area contributed by atoms with E-state index in [9.17, 15) is 5.26 Å². The molecule has 1 aromatic rings. The van der Waals surface area contributed by atoms with Crippen LogP contribution in [0.5, 0.6) is 0 Å². The van der Waals surface area contributed by atoms with E-state index in [1.807, 2.05) is 0 Å². The maximum absolute atomic E-state index is 9.17. The van der Waals surface area contributed by atoms with Crippen LogP contribution in [0.4, 0.5) is 0 Å². The molecule has 3 nitrogen and oxygen atoms in total. The third-order valence-electron chi connectivity index (χ3n) is 4.35. The molecule has 1 saturated carbocycles. The first-order valence-electron chi connectivity index (χ1n) is 8.15. The number of nitriles is 1. The van der Waals surface area contributed by atoms with Crippen LogP contribution >= 0.6 is 0 Å². The Kier molecular flexibility index (Phi) is 6.72. The Hall–Kier alpha value is -1.37. The summed E-state index contributed by atoms with van der Waals surface area (Å²) in [5.74, 6) is 0.223. The number of hydrogen-bond donors (Lipinski definition) is 1. The molecule has 3 heteroatoms. The molecule has 21 heavy (non-hydrogen) atoms. The highest BCUT2D eigenvalue weighted by molar-refractivity contribution is 5.14. The molecule has 1 aliphatic carbocycles. The molecule has 1 aromatic carbocycles. The number of benzene rings is 1. The highest BCUT2D eigenvalue weighted by atomic mass is 15.1. The van der Waals surface area contributed by atoms with Gasteiger partial charge in [-0.05, 0) is 45.0 Å². The summed E-state index contributed by atoms with van der Waals surface area (Å²) in [5, 5.41) is 12.8. The molecular weight excluding hydrogens is 258 g/mol. The van der Waals surface area contributed by atoms with Crippen molar-refractivity contribution in [1.82, 2.24) is 10.2 Å². The molecule has 0 saturated heterocycles. The minimum atomic E-state index is 0.223. The van der Waals surface area contributed by atoms with Gasteiger partial charge in [0.15, 0.2) is 0 Å². The Balaban J connectivity index is 1.62. The highest BCUT2D eigenvalue weighted by Gasteiger charge is 2.23. The summed E-state index contributed by atoms with van der Waals surface area (Å²) >= 11 is 0. The summed E-state index contributed by atoms with van der Waals surface area (Å²) in [7, 11) is 2.17. The molecule has 2 unspecified atom stereocenters. The minimum absolute atomic E-state index is 0.223. The van der Waals surface area contributed by atoms with Crippen molar-refractivity contribution < 1.29 is 0 Å². The fourth-order valence-corrected chi connectivity index (χ4v) is 3.14. The average Bonchev–Trinajstić information content (AvgIpc) is 2.53. The quantitative estimate of drug-likeness (QED) is 0.782. The number of hydrogen-bond acceptors (Lipinski definition) is 3. The monoisotopic (exact) mass is 285 g/mol. The highest BCUT2D eigenvalue weighted by Crippen LogP contribution is 2.23. The summed E-state index contributed by atoms with van der Waals surface area (Å²) in [6.07, 6.45) is 5.86. The van der Waals surface area contributed by atoms with Crippen LogP contribution < -0.4 is 5.32 Å². The van der Waals surface area contributed by atoms with Crippen molar-refractivity contribution in [3.05, 3.63) is 35.9 Å². The van der Waals surface area contributed by atoms with Gasteiger partial charge in [-0.1, -0.05) is 43.2 Å². The van der Waals surface area contributed by atoms with Crippen LogP contribution in [0.2, 0.25) is 0 Å². The van der Waals surface area contributed by atoms with Gasteiger partial charge in [-0.15, -0.1) is 0 Å². The van der Waals surface area contributed by atoms with Gasteiger partial charge in [0.2, 0.25) is 0 Å². The molecule has 1 N–H and O–H groups in total. The zero-order valence-corrected chi connectivity index (χ0v) is 13.1. The smallest absolute Gasteiger partial charge is 0.0672 e. The molecule has 1 aliphatic rings. The fraction of sp³-hybridized carbons (Fsp3) is 0.611.